The zero-order valence-corrected chi connectivity index (χ0v) is 12.9. The molecule has 0 bridgehead atoms. The summed E-state index contributed by atoms with van der Waals surface area (Å²) in [6.45, 7) is 3.73. The predicted molar refractivity (Wildman–Crippen MR) is 81.0 cm³/mol. The standard InChI is InChI=1S/C16H25NO4/c1-18-9-7-17-11-13-10-14(19-2)5-6-16(13)21-15-4-3-8-20-12-15/h5-6,10,15,17H,3-4,7-9,11-12H2,1-2H3. The third-order valence-electron chi connectivity index (χ3n) is 3.48. The normalized spacial score (nSPS) is 18.5. The van der Waals surface area contributed by atoms with Crippen LogP contribution in [0.3, 0.4) is 0 Å². The highest BCUT2D eigenvalue weighted by molar-refractivity contribution is 5.40. The number of hydrogen-bond donors (Lipinski definition) is 1. The summed E-state index contributed by atoms with van der Waals surface area (Å²) in [5, 5.41) is 3.34. The van der Waals surface area contributed by atoms with Crippen LogP contribution in [0.2, 0.25) is 0 Å². The van der Waals surface area contributed by atoms with Gasteiger partial charge in [-0.1, -0.05) is 0 Å². The van der Waals surface area contributed by atoms with Crippen molar-refractivity contribution in [2.45, 2.75) is 25.5 Å². The van der Waals surface area contributed by atoms with Crippen LogP contribution < -0.4 is 14.8 Å². The average Bonchev–Trinajstić information content (AvgIpc) is 2.54. The highest BCUT2D eigenvalue weighted by atomic mass is 16.5. The van der Waals surface area contributed by atoms with E-state index in [-0.39, 0.29) is 6.10 Å². The summed E-state index contributed by atoms with van der Waals surface area (Å²) < 4.78 is 21.9. The molecule has 1 N–H and O–H groups in total. The van der Waals surface area contributed by atoms with E-state index in [4.69, 9.17) is 18.9 Å². The minimum absolute atomic E-state index is 0.143. The first kappa shape index (κ1) is 16.1. The van der Waals surface area contributed by atoms with Gasteiger partial charge in [0.25, 0.3) is 0 Å². The molecule has 1 aromatic rings. The fraction of sp³-hybridized carbons (Fsp3) is 0.625. The first-order chi connectivity index (χ1) is 10.3. The van der Waals surface area contributed by atoms with E-state index < -0.39 is 0 Å². The Labute approximate surface area is 126 Å². The van der Waals surface area contributed by atoms with Crippen LogP contribution >= 0.6 is 0 Å². The SMILES string of the molecule is COCCNCc1cc(OC)ccc1OC1CCCOC1. The van der Waals surface area contributed by atoms with Gasteiger partial charge >= 0.3 is 0 Å². The molecule has 118 valence electrons. The molecule has 0 amide bonds. The maximum Gasteiger partial charge on any atom is 0.124 e. The van der Waals surface area contributed by atoms with Gasteiger partial charge in [0.15, 0.2) is 0 Å². The van der Waals surface area contributed by atoms with Crippen molar-refractivity contribution in [2.75, 3.05) is 40.6 Å². The Balaban J connectivity index is 1.99. The van der Waals surface area contributed by atoms with Crippen molar-refractivity contribution in [1.82, 2.24) is 5.32 Å². The molecular weight excluding hydrogens is 270 g/mol. The molecule has 1 saturated heterocycles. The summed E-state index contributed by atoms with van der Waals surface area (Å²) in [4.78, 5) is 0. The monoisotopic (exact) mass is 295 g/mol. The second-order valence-corrected chi connectivity index (χ2v) is 5.10. The van der Waals surface area contributed by atoms with Gasteiger partial charge in [-0.15, -0.1) is 0 Å². The Hall–Kier alpha value is -1.30. The van der Waals surface area contributed by atoms with Gasteiger partial charge in [-0.2, -0.15) is 0 Å². The molecule has 5 nitrogen and oxygen atoms in total. The van der Waals surface area contributed by atoms with Crippen LogP contribution in [-0.4, -0.2) is 46.7 Å². The van der Waals surface area contributed by atoms with Gasteiger partial charge in [0, 0.05) is 32.4 Å². The van der Waals surface area contributed by atoms with E-state index in [2.05, 4.69) is 5.32 Å². The maximum atomic E-state index is 6.09. The molecule has 2 rings (SSSR count). The van der Waals surface area contributed by atoms with Gasteiger partial charge in [0.1, 0.15) is 17.6 Å². The quantitative estimate of drug-likeness (QED) is 0.743. The van der Waals surface area contributed by atoms with Crippen LogP contribution in [0.25, 0.3) is 0 Å². The maximum absolute atomic E-state index is 6.09. The second-order valence-electron chi connectivity index (χ2n) is 5.10. The lowest BCUT2D eigenvalue weighted by Gasteiger charge is -2.24. The van der Waals surface area contributed by atoms with Crippen LogP contribution in [0, 0.1) is 0 Å². The Bertz CT molecular complexity index is 419. The average molecular weight is 295 g/mol. The van der Waals surface area contributed by atoms with Crippen molar-refractivity contribution in [1.29, 1.82) is 0 Å². The lowest BCUT2D eigenvalue weighted by Crippen LogP contribution is -2.28. The topological polar surface area (TPSA) is 49.0 Å². The Morgan fingerprint density at radius 2 is 2.24 bits per heavy atom. The molecule has 1 heterocycles. The summed E-state index contributed by atoms with van der Waals surface area (Å²) in [7, 11) is 3.37. The lowest BCUT2D eigenvalue weighted by molar-refractivity contribution is 0.00698. The second kappa shape index (κ2) is 8.87. The fourth-order valence-electron chi connectivity index (χ4n) is 2.32. The molecule has 1 fully saturated rings. The largest absolute Gasteiger partial charge is 0.497 e. The van der Waals surface area contributed by atoms with Crippen molar-refractivity contribution in [2.24, 2.45) is 0 Å². The molecule has 1 aliphatic rings. The molecule has 5 heteroatoms. The molecule has 0 radical (unpaired) electrons. The van der Waals surface area contributed by atoms with E-state index in [9.17, 15) is 0 Å². The molecule has 1 unspecified atom stereocenters. The number of ether oxygens (including phenoxy) is 4. The summed E-state index contributed by atoms with van der Waals surface area (Å²) in [6.07, 6.45) is 2.25. The Morgan fingerprint density at radius 3 is 2.95 bits per heavy atom. The molecule has 0 spiro atoms. The summed E-state index contributed by atoms with van der Waals surface area (Å²) in [6, 6.07) is 5.91. The third kappa shape index (κ3) is 5.19. The highest BCUT2D eigenvalue weighted by Gasteiger charge is 2.17. The summed E-state index contributed by atoms with van der Waals surface area (Å²) >= 11 is 0. The zero-order chi connectivity index (χ0) is 14.9. The van der Waals surface area contributed by atoms with E-state index in [1.54, 1.807) is 14.2 Å². The molecule has 1 aromatic carbocycles. The number of methoxy groups -OCH3 is 2. The Morgan fingerprint density at radius 1 is 1.33 bits per heavy atom. The molecule has 1 atom stereocenters. The van der Waals surface area contributed by atoms with Gasteiger partial charge in [-0.3, -0.25) is 0 Å². The van der Waals surface area contributed by atoms with Crippen molar-refractivity contribution in [3.05, 3.63) is 23.8 Å². The lowest BCUT2D eigenvalue weighted by atomic mass is 10.1. The zero-order valence-electron chi connectivity index (χ0n) is 12.9. The third-order valence-corrected chi connectivity index (χ3v) is 3.48. The van der Waals surface area contributed by atoms with Crippen molar-refractivity contribution in [3.63, 3.8) is 0 Å². The fourth-order valence-corrected chi connectivity index (χ4v) is 2.32. The predicted octanol–water partition coefficient (Wildman–Crippen LogP) is 1.99. The van der Waals surface area contributed by atoms with E-state index in [1.165, 1.54) is 0 Å². The van der Waals surface area contributed by atoms with Gasteiger partial charge in [-0.25, -0.2) is 0 Å². The van der Waals surface area contributed by atoms with Gasteiger partial charge in [0.2, 0.25) is 0 Å². The molecule has 1 aliphatic heterocycles. The van der Waals surface area contributed by atoms with E-state index in [0.717, 1.165) is 49.6 Å². The van der Waals surface area contributed by atoms with Gasteiger partial charge in [0.05, 0.1) is 20.3 Å². The molecule has 0 aromatic heterocycles. The van der Waals surface area contributed by atoms with E-state index in [0.29, 0.717) is 13.2 Å². The van der Waals surface area contributed by atoms with Crippen LogP contribution in [0.1, 0.15) is 18.4 Å². The molecular formula is C16H25NO4. The Kier molecular flexibility index (Phi) is 6.79. The van der Waals surface area contributed by atoms with Gasteiger partial charge < -0.3 is 24.3 Å². The highest BCUT2D eigenvalue weighted by Crippen LogP contribution is 2.26. The van der Waals surface area contributed by atoms with Crippen LogP contribution in [0.5, 0.6) is 11.5 Å². The first-order valence-electron chi connectivity index (χ1n) is 7.44. The van der Waals surface area contributed by atoms with Crippen molar-refractivity contribution in [3.8, 4) is 11.5 Å². The van der Waals surface area contributed by atoms with Crippen LogP contribution in [0.4, 0.5) is 0 Å². The van der Waals surface area contributed by atoms with Crippen LogP contribution in [-0.2, 0) is 16.0 Å². The van der Waals surface area contributed by atoms with E-state index >= 15 is 0 Å². The summed E-state index contributed by atoms with van der Waals surface area (Å²) in [5.74, 6) is 1.74. The van der Waals surface area contributed by atoms with Crippen molar-refractivity contribution < 1.29 is 18.9 Å². The van der Waals surface area contributed by atoms with Crippen LogP contribution in [0.15, 0.2) is 18.2 Å². The number of benzene rings is 1. The number of rotatable bonds is 8. The van der Waals surface area contributed by atoms with E-state index in [1.807, 2.05) is 18.2 Å². The summed E-state index contributed by atoms with van der Waals surface area (Å²) in [5.41, 5.74) is 1.09. The minimum Gasteiger partial charge on any atom is -0.497 e. The van der Waals surface area contributed by atoms with Gasteiger partial charge in [-0.05, 0) is 31.0 Å². The minimum atomic E-state index is 0.143. The molecule has 21 heavy (non-hydrogen) atoms. The first-order valence-corrected chi connectivity index (χ1v) is 7.44. The van der Waals surface area contributed by atoms with Crippen molar-refractivity contribution >= 4 is 0 Å². The number of nitrogens with one attached hydrogen (secondary N) is 1. The molecule has 0 saturated carbocycles. The number of hydrogen-bond acceptors (Lipinski definition) is 5. The molecule has 0 aliphatic carbocycles. The smallest absolute Gasteiger partial charge is 0.124 e.